The molecule has 1 saturated heterocycles. The van der Waals surface area contributed by atoms with Gasteiger partial charge in [-0.15, -0.1) is 0 Å². The Morgan fingerprint density at radius 1 is 1.18 bits per heavy atom. The van der Waals surface area contributed by atoms with Gasteiger partial charge in [0, 0.05) is 35.9 Å². The van der Waals surface area contributed by atoms with Crippen molar-refractivity contribution in [2.75, 3.05) is 32.1 Å². The van der Waals surface area contributed by atoms with Gasteiger partial charge in [-0.3, -0.25) is 9.00 Å². The Kier molecular flexibility index (Phi) is 7.39. The maximum Gasteiger partial charge on any atom is 0.235 e. The number of nitrogens with zero attached hydrogens (tertiary/aromatic N) is 2. The average Bonchev–Trinajstić information content (AvgIpc) is 3.12. The number of amides is 1. The van der Waals surface area contributed by atoms with Gasteiger partial charge < -0.3 is 14.1 Å². The number of aryl methyl sites for hydroxylation is 2. The normalized spacial score (nSPS) is 15.6. The van der Waals surface area contributed by atoms with Gasteiger partial charge in [-0.1, -0.05) is 32.4 Å². The van der Waals surface area contributed by atoms with E-state index in [2.05, 4.69) is 24.0 Å². The monoisotopic (exact) mass is 404 g/mol. The van der Waals surface area contributed by atoms with Gasteiger partial charge in [0.2, 0.25) is 11.8 Å². The number of ether oxygens (including phenoxy) is 1. The van der Waals surface area contributed by atoms with Crippen LogP contribution in [0.4, 0.5) is 0 Å². The maximum atomic E-state index is 12.5. The van der Waals surface area contributed by atoms with Crippen LogP contribution in [0.25, 0.3) is 11.5 Å². The molecule has 2 aromatic rings. The van der Waals surface area contributed by atoms with Crippen molar-refractivity contribution >= 4 is 16.7 Å². The highest BCUT2D eigenvalue weighted by Crippen LogP contribution is 2.24. The van der Waals surface area contributed by atoms with Crippen molar-refractivity contribution in [2.24, 2.45) is 0 Å². The van der Waals surface area contributed by atoms with E-state index >= 15 is 0 Å². The van der Waals surface area contributed by atoms with E-state index in [9.17, 15) is 9.00 Å². The lowest BCUT2D eigenvalue weighted by molar-refractivity contribution is -0.132. The van der Waals surface area contributed by atoms with Crippen molar-refractivity contribution in [1.29, 1.82) is 0 Å². The Hall–Kier alpha value is -1.99. The number of hydrogen-bond donors (Lipinski definition) is 0. The number of rotatable bonds is 8. The number of hydrogen-bond acceptors (Lipinski definition) is 5. The molecule has 1 aromatic heterocycles. The lowest BCUT2D eigenvalue weighted by Crippen LogP contribution is -2.42. The van der Waals surface area contributed by atoms with E-state index in [4.69, 9.17) is 9.15 Å². The number of carbonyl (C=O) groups excluding carboxylic acids is 1. The highest BCUT2D eigenvalue weighted by atomic mass is 32.2. The summed E-state index contributed by atoms with van der Waals surface area (Å²) in [5, 5.41) is 0. The van der Waals surface area contributed by atoms with Gasteiger partial charge in [-0.2, -0.15) is 0 Å². The summed E-state index contributed by atoms with van der Waals surface area (Å²) in [7, 11) is -1.32. The summed E-state index contributed by atoms with van der Waals surface area (Å²) < 4.78 is 23.7. The standard InChI is InChI=1S/C21H28N2O4S/c1-3-5-16-6-8-17(9-7-16)21-22-18(19(4-2)27-21)14-28(25)15-20(24)23-10-12-26-13-11-23/h6-9H,3-5,10-15H2,1-2H3. The molecule has 0 spiro atoms. The molecule has 1 aliphatic rings. The van der Waals surface area contributed by atoms with Crippen molar-refractivity contribution < 1.29 is 18.2 Å². The lowest BCUT2D eigenvalue weighted by Gasteiger charge is -2.26. The molecule has 0 saturated carbocycles. The van der Waals surface area contributed by atoms with Crippen LogP contribution in [0.3, 0.4) is 0 Å². The molecule has 2 heterocycles. The van der Waals surface area contributed by atoms with E-state index in [1.54, 1.807) is 4.90 Å². The van der Waals surface area contributed by atoms with E-state index in [0.717, 1.165) is 24.2 Å². The number of aromatic nitrogens is 1. The fourth-order valence-corrected chi connectivity index (χ4v) is 4.33. The lowest BCUT2D eigenvalue weighted by atomic mass is 10.1. The fourth-order valence-electron chi connectivity index (χ4n) is 3.24. The first-order chi connectivity index (χ1) is 13.6. The topological polar surface area (TPSA) is 72.6 Å². The van der Waals surface area contributed by atoms with Gasteiger partial charge in [-0.25, -0.2) is 4.98 Å². The summed E-state index contributed by atoms with van der Waals surface area (Å²) in [6.45, 7) is 6.37. The zero-order valence-electron chi connectivity index (χ0n) is 16.6. The van der Waals surface area contributed by atoms with E-state index < -0.39 is 10.8 Å². The van der Waals surface area contributed by atoms with Crippen molar-refractivity contribution in [3.05, 3.63) is 41.3 Å². The van der Waals surface area contributed by atoms with E-state index in [1.807, 2.05) is 19.1 Å². The van der Waals surface area contributed by atoms with Crippen molar-refractivity contribution in [2.45, 2.75) is 38.9 Å². The molecule has 0 aliphatic carbocycles. The molecule has 0 bridgehead atoms. The second-order valence-corrected chi connectivity index (χ2v) is 8.37. The molecule has 7 heteroatoms. The fraction of sp³-hybridized carbons (Fsp3) is 0.524. The summed E-state index contributed by atoms with van der Waals surface area (Å²) >= 11 is 0. The van der Waals surface area contributed by atoms with Gasteiger partial charge in [0.25, 0.3) is 0 Å². The highest BCUT2D eigenvalue weighted by Gasteiger charge is 2.21. The molecular formula is C21H28N2O4S. The molecule has 1 unspecified atom stereocenters. The highest BCUT2D eigenvalue weighted by molar-refractivity contribution is 7.84. The Bertz CT molecular complexity index is 810. The Morgan fingerprint density at radius 2 is 1.89 bits per heavy atom. The third-order valence-corrected chi connectivity index (χ3v) is 5.95. The first-order valence-corrected chi connectivity index (χ1v) is 11.4. The first-order valence-electron chi connectivity index (χ1n) is 9.89. The molecule has 1 aliphatic heterocycles. The van der Waals surface area contributed by atoms with Crippen LogP contribution in [0.2, 0.25) is 0 Å². The molecule has 1 aromatic carbocycles. The minimum Gasteiger partial charge on any atom is -0.441 e. The number of carbonyl (C=O) groups is 1. The minimum absolute atomic E-state index is 0.0110. The van der Waals surface area contributed by atoms with Crippen LogP contribution in [-0.4, -0.2) is 52.1 Å². The Morgan fingerprint density at radius 3 is 2.54 bits per heavy atom. The van der Waals surface area contributed by atoms with E-state index in [0.29, 0.717) is 44.3 Å². The Labute approximate surface area is 168 Å². The van der Waals surface area contributed by atoms with E-state index in [-0.39, 0.29) is 17.4 Å². The van der Waals surface area contributed by atoms with Gasteiger partial charge in [-0.05, 0) is 24.1 Å². The molecule has 0 N–H and O–H groups in total. The number of oxazole rings is 1. The Balaban J connectivity index is 1.66. The van der Waals surface area contributed by atoms with Crippen molar-refractivity contribution in [1.82, 2.24) is 9.88 Å². The zero-order chi connectivity index (χ0) is 19.9. The first kappa shape index (κ1) is 20.7. The summed E-state index contributed by atoms with van der Waals surface area (Å²) in [6.07, 6.45) is 2.83. The molecule has 1 fully saturated rings. The summed E-state index contributed by atoms with van der Waals surface area (Å²) in [5.74, 6) is 1.44. The number of benzene rings is 1. The van der Waals surface area contributed by atoms with E-state index in [1.165, 1.54) is 5.56 Å². The summed E-state index contributed by atoms with van der Waals surface area (Å²) in [6, 6.07) is 8.21. The quantitative estimate of drug-likeness (QED) is 0.676. The smallest absolute Gasteiger partial charge is 0.235 e. The van der Waals surface area contributed by atoms with Gasteiger partial charge in [0.1, 0.15) is 11.5 Å². The molecular weight excluding hydrogens is 376 g/mol. The summed E-state index contributed by atoms with van der Waals surface area (Å²) in [4.78, 5) is 18.6. The third-order valence-electron chi connectivity index (χ3n) is 4.78. The third kappa shape index (κ3) is 5.29. The second-order valence-electron chi connectivity index (χ2n) is 6.91. The van der Waals surface area contributed by atoms with Gasteiger partial charge >= 0.3 is 0 Å². The van der Waals surface area contributed by atoms with Crippen LogP contribution in [-0.2, 0) is 38.9 Å². The average molecular weight is 405 g/mol. The predicted octanol–water partition coefficient (Wildman–Crippen LogP) is 2.96. The van der Waals surface area contributed by atoms with Crippen LogP contribution in [0.15, 0.2) is 28.7 Å². The van der Waals surface area contributed by atoms with Crippen LogP contribution in [0, 0.1) is 0 Å². The predicted molar refractivity (Wildman–Crippen MR) is 109 cm³/mol. The molecule has 0 radical (unpaired) electrons. The maximum absolute atomic E-state index is 12.5. The van der Waals surface area contributed by atoms with Crippen LogP contribution < -0.4 is 0 Å². The summed E-state index contributed by atoms with van der Waals surface area (Å²) in [5.41, 5.74) is 2.88. The molecule has 1 atom stereocenters. The van der Waals surface area contributed by atoms with Crippen LogP contribution >= 0.6 is 0 Å². The SMILES string of the molecule is CCCc1ccc(-c2nc(CS(=O)CC(=O)N3CCOCC3)c(CC)o2)cc1. The number of morpholine rings is 1. The molecule has 3 rings (SSSR count). The van der Waals surface area contributed by atoms with Crippen LogP contribution in [0.1, 0.15) is 37.3 Å². The van der Waals surface area contributed by atoms with Crippen LogP contribution in [0.5, 0.6) is 0 Å². The molecule has 6 nitrogen and oxygen atoms in total. The molecule has 152 valence electrons. The minimum atomic E-state index is -1.32. The van der Waals surface area contributed by atoms with Crippen molar-refractivity contribution in [3.63, 3.8) is 0 Å². The zero-order valence-corrected chi connectivity index (χ0v) is 17.4. The second kappa shape index (κ2) is 9.98. The van der Waals surface area contributed by atoms with Gasteiger partial charge in [0.15, 0.2) is 0 Å². The van der Waals surface area contributed by atoms with Crippen molar-refractivity contribution in [3.8, 4) is 11.5 Å². The largest absolute Gasteiger partial charge is 0.441 e. The molecule has 28 heavy (non-hydrogen) atoms. The molecule has 1 amide bonds. The van der Waals surface area contributed by atoms with Gasteiger partial charge in [0.05, 0.1) is 24.7 Å².